The van der Waals surface area contributed by atoms with Gasteiger partial charge in [0.25, 0.3) is 0 Å². The van der Waals surface area contributed by atoms with Gasteiger partial charge in [0, 0.05) is 0 Å². The molecule has 1 heterocycles. The van der Waals surface area contributed by atoms with Crippen LogP contribution in [0.2, 0.25) is 0 Å². The molecule has 0 aliphatic carbocycles. The molecule has 0 radical (unpaired) electrons. The van der Waals surface area contributed by atoms with Crippen molar-refractivity contribution in [1.29, 1.82) is 0 Å². The Kier molecular flexibility index (Phi) is 10.9. The van der Waals surface area contributed by atoms with Crippen molar-refractivity contribution in [2.45, 2.75) is 77.2 Å². The number of allylic oxidation sites excluding steroid dienone is 5. The molecule has 1 N–H and O–H groups in total. The number of ether oxygens (including phenoxy) is 1. The molecule has 134 valence electrons. The first-order valence-electron chi connectivity index (χ1n) is 9.26. The zero-order valence-corrected chi connectivity index (χ0v) is 15.0. The van der Waals surface area contributed by atoms with Crippen molar-refractivity contribution in [3.63, 3.8) is 0 Å². The van der Waals surface area contributed by atoms with Crippen molar-refractivity contribution in [2.24, 2.45) is 0 Å². The van der Waals surface area contributed by atoms with Crippen molar-refractivity contribution in [3.05, 3.63) is 48.3 Å². The van der Waals surface area contributed by atoms with E-state index in [4.69, 9.17) is 4.74 Å². The van der Waals surface area contributed by atoms with Crippen LogP contribution < -0.4 is 0 Å². The van der Waals surface area contributed by atoms with Gasteiger partial charge in [0.2, 0.25) is 0 Å². The Bertz CT molecular complexity index is 471. The molecule has 1 atom stereocenters. The number of aliphatic hydroxyl groups is 1. The smallest absolute Gasteiger partial charge is 0.341 e. The minimum atomic E-state index is -0.949. The standard InChI is InChI=1S/C21H32O3/c1-3-4-5-6-7-8-9-10-11-12-13-14-15-16-17-19-20(22)18(2)24-21(19)23/h7-8,10-11,17,20,22H,2-6,9,12-16H2,1H3/b8-7-,11-10-,19-17+/t20-/m0/s1. The summed E-state index contributed by atoms with van der Waals surface area (Å²) in [4.78, 5) is 11.4. The fourth-order valence-electron chi connectivity index (χ4n) is 2.57. The first-order valence-corrected chi connectivity index (χ1v) is 9.26. The zero-order valence-electron chi connectivity index (χ0n) is 15.0. The van der Waals surface area contributed by atoms with Gasteiger partial charge in [-0.1, -0.05) is 63.1 Å². The summed E-state index contributed by atoms with van der Waals surface area (Å²) in [6.07, 6.45) is 21.2. The lowest BCUT2D eigenvalue weighted by Gasteiger charge is -1.99. The van der Waals surface area contributed by atoms with Gasteiger partial charge in [-0.25, -0.2) is 4.79 Å². The molecule has 0 amide bonds. The van der Waals surface area contributed by atoms with E-state index in [2.05, 4.69) is 37.8 Å². The number of carbonyl (C=O) groups is 1. The molecule has 1 rings (SSSR count). The molecular formula is C21H32O3. The van der Waals surface area contributed by atoms with Crippen molar-refractivity contribution in [2.75, 3.05) is 0 Å². The maximum absolute atomic E-state index is 11.4. The van der Waals surface area contributed by atoms with Crippen molar-refractivity contribution >= 4 is 5.97 Å². The van der Waals surface area contributed by atoms with E-state index in [0.717, 1.165) is 38.5 Å². The van der Waals surface area contributed by atoms with E-state index in [1.54, 1.807) is 6.08 Å². The van der Waals surface area contributed by atoms with E-state index >= 15 is 0 Å². The van der Waals surface area contributed by atoms with E-state index in [9.17, 15) is 9.90 Å². The van der Waals surface area contributed by atoms with Crippen LogP contribution in [0.1, 0.15) is 71.1 Å². The van der Waals surface area contributed by atoms with Crippen LogP contribution in [0.25, 0.3) is 0 Å². The van der Waals surface area contributed by atoms with Crippen LogP contribution in [0.3, 0.4) is 0 Å². The molecule has 24 heavy (non-hydrogen) atoms. The van der Waals surface area contributed by atoms with Gasteiger partial charge >= 0.3 is 5.97 Å². The van der Waals surface area contributed by atoms with Gasteiger partial charge in [0.15, 0.2) is 0 Å². The number of hydrogen-bond acceptors (Lipinski definition) is 3. The first-order chi connectivity index (χ1) is 11.7. The van der Waals surface area contributed by atoms with Crippen LogP contribution in [-0.2, 0) is 9.53 Å². The highest BCUT2D eigenvalue weighted by atomic mass is 16.6. The summed E-state index contributed by atoms with van der Waals surface area (Å²) in [5, 5.41) is 9.70. The SMILES string of the molecule is C=C1OC(=O)/C(=C/CCCCC/C=C\C/C=C\CCCCC)[C@H]1O. The summed E-state index contributed by atoms with van der Waals surface area (Å²) in [6, 6.07) is 0. The van der Waals surface area contributed by atoms with E-state index < -0.39 is 12.1 Å². The summed E-state index contributed by atoms with van der Waals surface area (Å²) in [5.74, 6) is -0.325. The highest BCUT2D eigenvalue weighted by molar-refractivity contribution is 5.93. The Labute approximate surface area is 146 Å². The van der Waals surface area contributed by atoms with Crippen molar-refractivity contribution in [1.82, 2.24) is 0 Å². The van der Waals surface area contributed by atoms with Crippen LogP contribution in [0, 0.1) is 0 Å². The van der Waals surface area contributed by atoms with Crippen LogP contribution in [0.15, 0.2) is 48.3 Å². The minimum absolute atomic E-state index is 0.135. The molecule has 1 aliphatic heterocycles. The second-order valence-electron chi connectivity index (χ2n) is 6.23. The lowest BCUT2D eigenvalue weighted by atomic mass is 10.1. The number of unbranched alkanes of at least 4 members (excludes halogenated alkanes) is 7. The number of hydrogen-bond donors (Lipinski definition) is 1. The molecule has 0 aromatic rings. The van der Waals surface area contributed by atoms with Crippen molar-refractivity contribution in [3.8, 4) is 0 Å². The van der Waals surface area contributed by atoms with E-state index in [-0.39, 0.29) is 5.76 Å². The topological polar surface area (TPSA) is 46.5 Å². The summed E-state index contributed by atoms with van der Waals surface area (Å²) in [6.45, 7) is 5.74. The van der Waals surface area contributed by atoms with Crippen LogP contribution in [-0.4, -0.2) is 17.2 Å². The third-order valence-electron chi connectivity index (χ3n) is 4.08. The number of aliphatic hydroxyl groups excluding tert-OH is 1. The van der Waals surface area contributed by atoms with Crippen LogP contribution in [0.4, 0.5) is 0 Å². The predicted molar refractivity (Wildman–Crippen MR) is 99.4 cm³/mol. The Balaban J connectivity index is 2.00. The number of cyclic esters (lactones) is 1. The maximum Gasteiger partial charge on any atom is 0.341 e. The largest absolute Gasteiger partial charge is 0.425 e. The molecule has 1 fully saturated rings. The molecule has 0 unspecified atom stereocenters. The number of esters is 1. The number of carbonyl (C=O) groups excluding carboxylic acids is 1. The lowest BCUT2D eigenvalue weighted by Crippen LogP contribution is -2.07. The fraction of sp³-hybridized carbons (Fsp3) is 0.571. The molecule has 0 aromatic carbocycles. The lowest BCUT2D eigenvalue weighted by molar-refractivity contribution is -0.132. The van der Waals surface area contributed by atoms with Gasteiger partial charge in [-0.2, -0.15) is 0 Å². The molecule has 1 saturated heterocycles. The van der Waals surface area contributed by atoms with Gasteiger partial charge in [-0.3, -0.25) is 0 Å². The van der Waals surface area contributed by atoms with Gasteiger partial charge < -0.3 is 9.84 Å². The molecular weight excluding hydrogens is 300 g/mol. The van der Waals surface area contributed by atoms with E-state index in [1.165, 1.54) is 25.7 Å². The summed E-state index contributed by atoms with van der Waals surface area (Å²) < 4.78 is 4.79. The minimum Gasteiger partial charge on any atom is -0.425 e. The van der Waals surface area contributed by atoms with Crippen LogP contribution in [0.5, 0.6) is 0 Å². The summed E-state index contributed by atoms with van der Waals surface area (Å²) >= 11 is 0. The molecule has 1 aliphatic rings. The quantitative estimate of drug-likeness (QED) is 0.226. The third-order valence-corrected chi connectivity index (χ3v) is 4.08. The fourth-order valence-corrected chi connectivity index (χ4v) is 2.57. The van der Waals surface area contributed by atoms with Crippen LogP contribution >= 0.6 is 0 Å². The van der Waals surface area contributed by atoms with E-state index in [0.29, 0.717) is 5.57 Å². The molecule has 3 heteroatoms. The average molecular weight is 332 g/mol. The molecule has 3 nitrogen and oxygen atoms in total. The Hall–Kier alpha value is -1.61. The highest BCUT2D eigenvalue weighted by Crippen LogP contribution is 2.23. The van der Waals surface area contributed by atoms with Gasteiger partial charge in [-0.05, 0) is 44.9 Å². The second-order valence-corrected chi connectivity index (χ2v) is 6.23. The average Bonchev–Trinajstić information content (AvgIpc) is 2.81. The van der Waals surface area contributed by atoms with Crippen molar-refractivity contribution < 1.29 is 14.6 Å². The Morgan fingerprint density at radius 2 is 1.62 bits per heavy atom. The monoisotopic (exact) mass is 332 g/mol. The molecule has 0 saturated carbocycles. The van der Waals surface area contributed by atoms with Gasteiger partial charge in [0.05, 0.1) is 5.57 Å². The maximum atomic E-state index is 11.4. The highest BCUT2D eigenvalue weighted by Gasteiger charge is 2.32. The third kappa shape index (κ3) is 8.30. The number of rotatable bonds is 12. The van der Waals surface area contributed by atoms with Gasteiger partial charge in [-0.15, -0.1) is 0 Å². The Morgan fingerprint density at radius 1 is 1.00 bits per heavy atom. The normalized spacial score (nSPS) is 19.9. The summed E-state index contributed by atoms with van der Waals surface area (Å²) in [5.41, 5.74) is 0.339. The molecule has 0 bridgehead atoms. The van der Waals surface area contributed by atoms with Gasteiger partial charge in [0.1, 0.15) is 11.9 Å². The molecule has 0 spiro atoms. The Morgan fingerprint density at radius 3 is 2.21 bits per heavy atom. The zero-order chi connectivity index (χ0) is 17.6. The second kappa shape index (κ2) is 12.8. The predicted octanol–water partition coefficient (Wildman–Crippen LogP) is 5.38. The van der Waals surface area contributed by atoms with E-state index in [1.807, 2.05) is 0 Å². The molecule has 0 aromatic heterocycles. The summed E-state index contributed by atoms with van der Waals surface area (Å²) in [7, 11) is 0. The first kappa shape index (κ1) is 20.4.